The summed E-state index contributed by atoms with van der Waals surface area (Å²) in [5, 5.41) is 4.19. The Labute approximate surface area is 103 Å². The van der Waals surface area contributed by atoms with Gasteiger partial charge in [-0.15, -0.1) is 0 Å². The van der Waals surface area contributed by atoms with E-state index in [0.717, 1.165) is 31.5 Å². The van der Waals surface area contributed by atoms with Crippen LogP contribution in [0.1, 0.15) is 55.9 Å². The van der Waals surface area contributed by atoms with E-state index in [2.05, 4.69) is 12.0 Å². The lowest BCUT2D eigenvalue weighted by Gasteiger charge is -2.13. The standard InChI is InChI=1S/C14H20N2O/c1-2-10-16-13(8-9-15-16)14(17)11-12-6-4-3-5-7-12/h8-9,11H,2-7,10H2,1H3. The van der Waals surface area contributed by atoms with Crippen LogP contribution in [0.3, 0.4) is 0 Å². The number of aromatic nitrogens is 2. The maximum Gasteiger partial charge on any atom is 0.203 e. The van der Waals surface area contributed by atoms with E-state index in [1.807, 2.05) is 16.8 Å². The Balaban J connectivity index is 2.10. The van der Waals surface area contributed by atoms with Gasteiger partial charge < -0.3 is 0 Å². The summed E-state index contributed by atoms with van der Waals surface area (Å²) < 4.78 is 1.81. The van der Waals surface area contributed by atoms with Crippen molar-refractivity contribution in [2.75, 3.05) is 0 Å². The summed E-state index contributed by atoms with van der Waals surface area (Å²) in [5.41, 5.74) is 2.04. The molecule has 0 atom stereocenters. The van der Waals surface area contributed by atoms with E-state index in [-0.39, 0.29) is 5.78 Å². The van der Waals surface area contributed by atoms with Crippen molar-refractivity contribution >= 4 is 5.78 Å². The number of hydrogen-bond acceptors (Lipinski definition) is 2. The Kier molecular flexibility index (Phi) is 4.13. The van der Waals surface area contributed by atoms with Crippen molar-refractivity contribution < 1.29 is 4.79 Å². The zero-order valence-electron chi connectivity index (χ0n) is 10.5. The second-order valence-corrected chi connectivity index (χ2v) is 4.67. The number of carbonyl (C=O) groups is 1. The maximum atomic E-state index is 12.1. The molecule has 1 heterocycles. The number of hydrogen-bond donors (Lipinski definition) is 0. The highest BCUT2D eigenvalue weighted by Gasteiger charge is 2.12. The molecule has 0 bridgehead atoms. The molecule has 0 aliphatic heterocycles. The SMILES string of the molecule is CCCn1nccc1C(=O)C=C1CCCCC1. The molecule has 1 aromatic rings. The van der Waals surface area contributed by atoms with E-state index in [4.69, 9.17) is 0 Å². The predicted octanol–water partition coefficient (Wildman–Crippen LogP) is 3.37. The molecule has 1 aromatic heterocycles. The van der Waals surface area contributed by atoms with Crippen molar-refractivity contribution in [2.24, 2.45) is 0 Å². The normalized spacial score (nSPS) is 15.9. The van der Waals surface area contributed by atoms with E-state index >= 15 is 0 Å². The summed E-state index contributed by atoms with van der Waals surface area (Å²) >= 11 is 0. The molecule has 1 fully saturated rings. The summed E-state index contributed by atoms with van der Waals surface area (Å²) in [5.74, 6) is 0.118. The first-order valence-corrected chi connectivity index (χ1v) is 6.57. The molecule has 0 saturated heterocycles. The van der Waals surface area contributed by atoms with E-state index in [1.165, 1.54) is 24.8 Å². The first-order valence-electron chi connectivity index (χ1n) is 6.57. The molecule has 0 unspecified atom stereocenters. The van der Waals surface area contributed by atoms with Gasteiger partial charge in [-0.25, -0.2) is 0 Å². The van der Waals surface area contributed by atoms with Gasteiger partial charge in [0.1, 0.15) is 5.69 Å². The van der Waals surface area contributed by atoms with Crippen molar-refractivity contribution in [1.82, 2.24) is 9.78 Å². The van der Waals surface area contributed by atoms with Gasteiger partial charge in [-0.2, -0.15) is 5.10 Å². The van der Waals surface area contributed by atoms with Crippen molar-refractivity contribution in [2.45, 2.75) is 52.0 Å². The molecule has 92 valence electrons. The molecule has 3 heteroatoms. The largest absolute Gasteiger partial charge is 0.288 e. The van der Waals surface area contributed by atoms with Crippen LogP contribution in [-0.4, -0.2) is 15.6 Å². The third-order valence-electron chi connectivity index (χ3n) is 3.24. The van der Waals surface area contributed by atoms with Gasteiger partial charge in [0, 0.05) is 12.7 Å². The molecule has 2 rings (SSSR count). The van der Waals surface area contributed by atoms with Crippen LogP contribution in [0.5, 0.6) is 0 Å². The van der Waals surface area contributed by atoms with Crippen molar-refractivity contribution in [3.8, 4) is 0 Å². The Bertz CT molecular complexity index is 410. The lowest BCUT2D eigenvalue weighted by atomic mass is 9.94. The van der Waals surface area contributed by atoms with Crippen LogP contribution in [0, 0.1) is 0 Å². The molecule has 0 spiro atoms. The van der Waals surface area contributed by atoms with Crippen LogP contribution in [0.15, 0.2) is 23.9 Å². The third kappa shape index (κ3) is 3.05. The first kappa shape index (κ1) is 12.1. The number of aryl methyl sites for hydroxylation is 1. The molecule has 0 aromatic carbocycles. The molecule has 1 saturated carbocycles. The van der Waals surface area contributed by atoms with Crippen LogP contribution in [0.4, 0.5) is 0 Å². The summed E-state index contributed by atoms with van der Waals surface area (Å²) in [6.45, 7) is 2.91. The van der Waals surface area contributed by atoms with Crippen LogP contribution < -0.4 is 0 Å². The molecular formula is C14H20N2O. The lowest BCUT2D eigenvalue weighted by Crippen LogP contribution is -2.09. The van der Waals surface area contributed by atoms with E-state index in [1.54, 1.807) is 6.20 Å². The average Bonchev–Trinajstić information content (AvgIpc) is 2.79. The fourth-order valence-corrected chi connectivity index (χ4v) is 2.34. The van der Waals surface area contributed by atoms with Gasteiger partial charge in [-0.3, -0.25) is 9.48 Å². The minimum Gasteiger partial charge on any atom is -0.288 e. The summed E-state index contributed by atoms with van der Waals surface area (Å²) in [4.78, 5) is 12.1. The summed E-state index contributed by atoms with van der Waals surface area (Å²) in [7, 11) is 0. The molecule has 0 N–H and O–H groups in total. The Morgan fingerprint density at radius 3 is 2.88 bits per heavy atom. The van der Waals surface area contributed by atoms with Crippen molar-refractivity contribution in [1.29, 1.82) is 0 Å². The molecular weight excluding hydrogens is 212 g/mol. The van der Waals surface area contributed by atoms with E-state index < -0.39 is 0 Å². The fourth-order valence-electron chi connectivity index (χ4n) is 2.34. The van der Waals surface area contributed by atoms with Crippen LogP contribution in [0.2, 0.25) is 0 Å². The molecule has 0 radical (unpaired) electrons. The van der Waals surface area contributed by atoms with Crippen LogP contribution in [-0.2, 0) is 6.54 Å². The quantitative estimate of drug-likeness (QED) is 0.589. The second kappa shape index (κ2) is 5.80. The Morgan fingerprint density at radius 1 is 1.41 bits per heavy atom. The average molecular weight is 232 g/mol. The second-order valence-electron chi connectivity index (χ2n) is 4.67. The van der Waals surface area contributed by atoms with Gasteiger partial charge >= 0.3 is 0 Å². The zero-order valence-corrected chi connectivity index (χ0v) is 10.5. The lowest BCUT2D eigenvalue weighted by molar-refractivity contribution is 0.103. The highest BCUT2D eigenvalue weighted by molar-refractivity contribution is 6.03. The minimum atomic E-state index is 0.118. The number of nitrogens with zero attached hydrogens (tertiary/aromatic N) is 2. The van der Waals surface area contributed by atoms with Gasteiger partial charge in [0.2, 0.25) is 5.78 Å². The van der Waals surface area contributed by atoms with Crippen molar-refractivity contribution in [3.63, 3.8) is 0 Å². The van der Waals surface area contributed by atoms with Gasteiger partial charge in [-0.05, 0) is 44.2 Å². The zero-order chi connectivity index (χ0) is 12.1. The van der Waals surface area contributed by atoms with E-state index in [9.17, 15) is 4.79 Å². The molecule has 1 aliphatic carbocycles. The number of ketones is 1. The highest BCUT2D eigenvalue weighted by atomic mass is 16.1. The third-order valence-corrected chi connectivity index (χ3v) is 3.24. The van der Waals surface area contributed by atoms with Gasteiger partial charge in [-0.1, -0.05) is 18.9 Å². The Hall–Kier alpha value is -1.38. The number of allylic oxidation sites excluding steroid dienone is 2. The van der Waals surface area contributed by atoms with Gasteiger partial charge in [0.05, 0.1) is 0 Å². The summed E-state index contributed by atoms with van der Waals surface area (Å²) in [6.07, 6.45) is 10.5. The highest BCUT2D eigenvalue weighted by Crippen LogP contribution is 2.23. The topological polar surface area (TPSA) is 34.9 Å². The van der Waals surface area contributed by atoms with E-state index in [0.29, 0.717) is 0 Å². The molecule has 3 nitrogen and oxygen atoms in total. The minimum absolute atomic E-state index is 0.118. The smallest absolute Gasteiger partial charge is 0.203 e. The number of rotatable bonds is 4. The fraction of sp³-hybridized carbons (Fsp3) is 0.571. The maximum absolute atomic E-state index is 12.1. The van der Waals surface area contributed by atoms with Gasteiger partial charge in [0.15, 0.2) is 0 Å². The van der Waals surface area contributed by atoms with Crippen molar-refractivity contribution in [3.05, 3.63) is 29.6 Å². The van der Waals surface area contributed by atoms with Gasteiger partial charge in [0.25, 0.3) is 0 Å². The molecule has 0 amide bonds. The Morgan fingerprint density at radius 2 is 2.18 bits per heavy atom. The molecule has 17 heavy (non-hydrogen) atoms. The predicted molar refractivity (Wildman–Crippen MR) is 68.0 cm³/mol. The first-order chi connectivity index (χ1) is 8.31. The van der Waals surface area contributed by atoms with Crippen LogP contribution >= 0.6 is 0 Å². The summed E-state index contributed by atoms with van der Waals surface area (Å²) in [6, 6.07) is 1.82. The van der Waals surface area contributed by atoms with Crippen LogP contribution in [0.25, 0.3) is 0 Å². The molecule has 1 aliphatic rings. The monoisotopic (exact) mass is 232 g/mol. The number of carbonyl (C=O) groups excluding carboxylic acids is 1.